The van der Waals surface area contributed by atoms with Gasteiger partial charge in [-0.05, 0) is 18.9 Å². The molecule has 3 aromatic heterocycles. The number of nitrogens with zero attached hydrogens (tertiary/aromatic N) is 5. The van der Waals surface area contributed by atoms with Crippen LogP contribution in [0.5, 0.6) is 0 Å². The van der Waals surface area contributed by atoms with Crippen molar-refractivity contribution in [2.45, 2.75) is 25.4 Å². The molecule has 2 N–H and O–H groups in total. The Morgan fingerprint density at radius 3 is 2.72 bits per heavy atom. The number of carboxylic acid groups (broad SMARTS) is 1. The first-order valence-electron chi connectivity index (χ1n) is 9.66. The lowest BCUT2D eigenvalue weighted by Gasteiger charge is -2.32. The molecule has 12 heteroatoms. The zero-order valence-corrected chi connectivity index (χ0v) is 18.5. The van der Waals surface area contributed by atoms with Gasteiger partial charge in [0.05, 0.1) is 15.8 Å². The second-order valence-corrected chi connectivity index (χ2v) is 8.47. The Hall–Kier alpha value is -3.15. The van der Waals surface area contributed by atoms with Crippen LogP contribution in [-0.4, -0.2) is 61.5 Å². The van der Waals surface area contributed by atoms with Crippen molar-refractivity contribution in [2.75, 3.05) is 18.4 Å². The molecule has 168 valence electrons. The highest BCUT2D eigenvalue weighted by Gasteiger charge is 2.20. The van der Waals surface area contributed by atoms with E-state index in [4.69, 9.17) is 16.7 Å². The van der Waals surface area contributed by atoms with Gasteiger partial charge < -0.3 is 15.2 Å². The molecule has 0 atom stereocenters. The third kappa shape index (κ3) is 7.22. The maximum absolute atomic E-state index is 9.59. The molecule has 0 amide bonds. The molecule has 0 unspecified atom stereocenters. The lowest BCUT2D eigenvalue weighted by molar-refractivity contribution is -0.131. The van der Waals surface area contributed by atoms with E-state index in [9.17, 15) is 9.59 Å². The Balaban J connectivity index is 0.000000312. The Bertz CT molecular complexity index is 1060. The van der Waals surface area contributed by atoms with Crippen molar-refractivity contribution in [3.63, 3.8) is 0 Å². The zero-order valence-electron chi connectivity index (χ0n) is 16.9. The summed E-state index contributed by atoms with van der Waals surface area (Å²) < 4.78 is 4.65. The summed E-state index contributed by atoms with van der Waals surface area (Å²) in [6.07, 6.45) is 10.6. The number of ether oxygens (including phenoxy) is 1. The van der Waals surface area contributed by atoms with Gasteiger partial charge in [-0.25, -0.2) is 24.7 Å². The number of carbonyl (C=O) groups is 2. The van der Waals surface area contributed by atoms with Crippen molar-refractivity contribution in [3.8, 4) is 0 Å². The number of halogens is 1. The van der Waals surface area contributed by atoms with Crippen molar-refractivity contribution in [1.29, 1.82) is 0 Å². The first kappa shape index (κ1) is 23.5. The van der Waals surface area contributed by atoms with Gasteiger partial charge in [0.2, 0.25) is 0 Å². The van der Waals surface area contributed by atoms with Crippen molar-refractivity contribution in [3.05, 3.63) is 53.4 Å². The molecule has 1 fully saturated rings. The van der Waals surface area contributed by atoms with Crippen LogP contribution in [0.4, 0.5) is 5.82 Å². The minimum absolute atomic E-state index is 0.138. The van der Waals surface area contributed by atoms with Gasteiger partial charge in [0.15, 0.2) is 0 Å². The number of hydrogen-bond donors (Lipinski definition) is 2. The molecule has 10 nitrogen and oxygen atoms in total. The van der Waals surface area contributed by atoms with Gasteiger partial charge >= 0.3 is 5.97 Å². The van der Waals surface area contributed by atoms with Gasteiger partial charge in [-0.15, -0.1) is 11.3 Å². The number of likely N-dealkylation sites (tertiary alicyclic amines) is 1. The number of rotatable bonds is 7. The summed E-state index contributed by atoms with van der Waals surface area (Å²) in [4.78, 5) is 39.1. The summed E-state index contributed by atoms with van der Waals surface area (Å²) in [6.45, 7) is 3.14. The summed E-state index contributed by atoms with van der Waals surface area (Å²) in [6, 6.07) is 2.36. The SMILES string of the molecule is Clc1cc2c(NC3CCN(Cc4cncnc4)CC3)ncnc2s1.O=CO/C=C\C(=O)O. The van der Waals surface area contributed by atoms with Crippen molar-refractivity contribution < 1.29 is 19.4 Å². The van der Waals surface area contributed by atoms with Crippen molar-refractivity contribution in [1.82, 2.24) is 24.8 Å². The fraction of sp³-hybridized carbons (Fsp3) is 0.300. The second kappa shape index (κ2) is 12.0. The minimum Gasteiger partial charge on any atom is -0.478 e. The molecule has 0 spiro atoms. The maximum Gasteiger partial charge on any atom is 0.331 e. The highest BCUT2D eigenvalue weighted by atomic mass is 35.5. The van der Waals surface area contributed by atoms with Crippen LogP contribution in [0.25, 0.3) is 10.2 Å². The molecular weight excluding hydrogens is 456 g/mol. The third-order valence-electron chi connectivity index (χ3n) is 4.59. The maximum atomic E-state index is 9.59. The average molecular weight is 477 g/mol. The van der Waals surface area contributed by atoms with E-state index in [-0.39, 0.29) is 6.47 Å². The third-order valence-corrected chi connectivity index (χ3v) is 5.76. The molecule has 32 heavy (non-hydrogen) atoms. The van der Waals surface area contributed by atoms with Crippen LogP contribution in [0.1, 0.15) is 18.4 Å². The summed E-state index contributed by atoms with van der Waals surface area (Å²) in [5.41, 5.74) is 1.16. The lowest BCUT2D eigenvalue weighted by atomic mass is 10.0. The number of aromatic nitrogens is 4. The number of carbonyl (C=O) groups excluding carboxylic acids is 1. The molecule has 1 aliphatic rings. The predicted octanol–water partition coefficient (Wildman–Crippen LogP) is 2.97. The molecule has 4 heterocycles. The number of fused-ring (bicyclic) bond motifs is 1. The average Bonchev–Trinajstić information content (AvgIpc) is 3.18. The van der Waals surface area contributed by atoms with Crippen LogP contribution in [0.15, 0.2) is 43.5 Å². The van der Waals surface area contributed by atoms with E-state index < -0.39 is 5.97 Å². The van der Waals surface area contributed by atoms with E-state index in [1.165, 1.54) is 11.3 Å². The zero-order chi connectivity index (χ0) is 22.8. The fourth-order valence-corrected chi connectivity index (χ4v) is 4.22. The first-order chi connectivity index (χ1) is 15.5. The summed E-state index contributed by atoms with van der Waals surface area (Å²) in [5, 5.41) is 12.4. The Morgan fingerprint density at radius 1 is 1.28 bits per heavy atom. The van der Waals surface area contributed by atoms with Crippen LogP contribution in [0, 0.1) is 0 Å². The van der Waals surface area contributed by atoms with Crippen molar-refractivity contribution in [2.24, 2.45) is 0 Å². The summed E-state index contributed by atoms with van der Waals surface area (Å²) >= 11 is 7.58. The van der Waals surface area contributed by atoms with Gasteiger partial charge in [-0.1, -0.05) is 11.6 Å². The summed E-state index contributed by atoms with van der Waals surface area (Å²) in [7, 11) is 0. The van der Waals surface area contributed by atoms with Gasteiger partial charge in [0.25, 0.3) is 6.47 Å². The summed E-state index contributed by atoms with van der Waals surface area (Å²) in [5.74, 6) is -0.259. The molecule has 0 bridgehead atoms. The molecule has 1 aliphatic heterocycles. The van der Waals surface area contributed by atoms with E-state index in [1.807, 2.05) is 18.5 Å². The van der Waals surface area contributed by atoms with Crippen LogP contribution in [-0.2, 0) is 20.9 Å². The largest absolute Gasteiger partial charge is 0.478 e. The van der Waals surface area contributed by atoms with Crippen LogP contribution < -0.4 is 5.32 Å². The van der Waals surface area contributed by atoms with Gasteiger partial charge in [0, 0.05) is 43.6 Å². The Labute approximate surface area is 192 Å². The van der Waals surface area contributed by atoms with Gasteiger partial charge in [-0.3, -0.25) is 9.69 Å². The molecule has 0 saturated carbocycles. The highest BCUT2D eigenvalue weighted by Crippen LogP contribution is 2.32. The highest BCUT2D eigenvalue weighted by molar-refractivity contribution is 7.22. The number of anilines is 1. The van der Waals surface area contributed by atoms with Crippen LogP contribution in [0.3, 0.4) is 0 Å². The number of carboxylic acids is 1. The van der Waals surface area contributed by atoms with Gasteiger partial charge in [0.1, 0.15) is 29.6 Å². The number of aliphatic carboxylic acids is 1. The minimum atomic E-state index is -1.15. The molecule has 4 rings (SSSR count). The molecule has 0 radical (unpaired) electrons. The van der Waals surface area contributed by atoms with E-state index >= 15 is 0 Å². The molecule has 0 aromatic carbocycles. The fourth-order valence-electron chi connectivity index (χ4n) is 3.17. The van der Waals surface area contributed by atoms with E-state index in [2.05, 4.69) is 34.9 Å². The van der Waals surface area contributed by atoms with Gasteiger partial charge in [-0.2, -0.15) is 0 Å². The van der Waals surface area contributed by atoms with Crippen LogP contribution in [0.2, 0.25) is 4.34 Å². The monoisotopic (exact) mass is 476 g/mol. The molecule has 1 saturated heterocycles. The Kier molecular flexibility index (Phi) is 8.84. The van der Waals surface area contributed by atoms with E-state index in [0.29, 0.717) is 12.1 Å². The standard InChI is InChI=1S/C16H17ClN6S.C4H4O4/c17-14-5-13-15(20-10-21-16(13)24-14)22-12-1-3-23(4-2-12)8-11-6-18-9-19-7-11;5-3-8-2-1-4(6)7/h5-7,9-10,12H,1-4,8H2,(H,20,21,22);1-3H,(H,6,7)/b;2-1-. The first-order valence-corrected chi connectivity index (χ1v) is 10.9. The van der Waals surface area contributed by atoms with E-state index in [1.54, 1.807) is 12.7 Å². The lowest BCUT2D eigenvalue weighted by Crippen LogP contribution is -2.38. The predicted molar refractivity (Wildman–Crippen MR) is 120 cm³/mol. The normalized spacial score (nSPS) is 14.7. The smallest absolute Gasteiger partial charge is 0.331 e. The molecular formula is C20H21ClN6O4S. The number of nitrogens with one attached hydrogen (secondary N) is 1. The second-order valence-electron chi connectivity index (χ2n) is 6.81. The number of hydrogen-bond acceptors (Lipinski definition) is 10. The molecule has 3 aromatic rings. The van der Waals surface area contributed by atoms with Crippen molar-refractivity contribution >= 4 is 51.4 Å². The van der Waals surface area contributed by atoms with E-state index in [0.717, 1.165) is 64.7 Å². The topological polar surface area (TPSA) is 130 Å². The molecule has 0 aliphatic carbocycles. The quantitative estimate of drug-likeness (QED) is 0.298. The van der Waals surface area contributed by atoms with Crippen LogP contribution >= 0.6 is 22.9 Å². The number of piperidine rings is 1. The number of thiophene rings is 1. The Morgan fingerprint density at radius 2 is 2.03 bits per heavy atom.